The van der Waals surface area contributed by atoms with Crippen LogP contribution in [0.2, 0.25) is 0 Å². The Morgan fingerprint density at radius 3 is 2.52 bits per heavy atom. The minimum atomic E-state index is 0.130. The maximum Gasteiger partial charge on any atom is 0.222 e. The first-order valence-electron chi connectivity index (χ1n) is 6.91. The van der Waals surface area contributed by atoms with Gasteiger partial charge in [0.15, 0.2) is 0 Å². The highest BCUT2D eigenvalue weighted by Gasteiger charge is 2.15. The summed E-state index contributed by atoms with van der Waals surface area (Å²) >= 11 is 1.35. The first-order valence-corrected chi connectivity index (χ1v) is 7.68. The van der Waals surface area contributed by atoms with E-state index in [1.54, 1.807) is 4.90 Å². The van der Waals surface area contributed by atoms with Crippen molar-refractivity contribution in [3.63, 3.8) is 0 Å². The van der Waals surface area contributed by atoms with E-state index in [1.807, 2.05) is 39.5 Å². The molecule has 0 N–H and O–H groups in total. The molecule has 0 aliphatic carbocycles. The van der Waals surface area contributed by atoms with Crippen LogP contribution >= 0.6 is 11.5 Å². The molecule has 0 bridgehead atoms. The molecule has 0 fully saturated rings. The molecule has 6 nitrogen and oxygen atoms in total. The van der Waals surface area contributed by atoms with Gasteiger partial charge in [0.25, 0.3) is 0 Å². The highest BCUT2D eigenvalue weighted by Crippen LogP contribution is 2.16. The van der Waals surface area contributed by atoms with Crippen molar-refractivity contribution in [3.8, 4) is 0 Å². The normalized spacial score (nSPS) is 10.9. The van der Waals surface area contributed by atoms with Crippen molar-refractivity contribution in [2.24, 2.45) is 7.05 Å². The summed E-state index contributed by atoms with van der Waals surface area (Å²) in [6.07, 6.45) is 1.23. The van der Waals surface area contributed by atoms with Gasteiger partial charge in [0.2, 0.25) is 5.91 Å². The minimum Gasteiger partial charge on any atom is -0.340 e. The summed E-state index contributed by atoms with van der Waals surface area (Å²) in [5.41, 5.74) is 4.21. The minimum absolute atomic E-state index is 0.130. The summed E-state index contributed by atoms with van der Waals surface area (Å²) < 4.78 is 5.76. The Kier molecular flexibility index (Phi) is 4.72. The maximum atomic E-state index is 12.2. The third-order valence-corrected chi connectivity index (χ3v) is 4.61. The summed E-state index contributed by atoms with van der Waals surface area (Å²) in [6.45, 7) is 6.52. The number of rotatable bonds is 5. The van der Waals surface area contributed by atoms with E-state index in [0.717, 1.165) is 28.4 Å². The fourth-order valence-electron chi connectivity index (χ4n) is 2.30. The molecular weight excluding hydrogens is 286 g/mol. The number of carbonyl (C=O) groups excluding carboxylic acids is 1. The Balaban J connectivity index is 1.94. The van der Waals surface area contributed by atoms with Crippen LogP contribution in [0.5, 0.6) is 0 Å². The summed E-state index contributed by atoms with van der Waals surface area (Å²) in [5, 5.41) is 8.35. The molecule has 0 aliphatic rings. The lowest BCUT2D eigenvalue weighted by molar-refractivity contribution is -0.130. The van der Waals surface area contributed by atoms with Gasteiger partial charge in [-0.3, -0.25) is 9.48 Å². The molecule has 21 heavy (non-hydrogen) atoms. The molecule has 2 aromatic heterocycles. The predicted molar refractivity (Wildman–Crippen MR) is 82.1 cm³/mol. The SMILES string of the molecule is Cc1nnsc1CN(C)C(=O)CCc1c(C)nn(C)c1C. The van der Waals surface area contributed by atoms with Gasteiger partial charge in [0, 0.05) is 26.2 Å². The lowest BCUT2D eigenvalue weighted by atomic mass is 10.1. The number of nitrogens with zero attached hydrogens (tertiary/aromatic N) is 5. The molecule has 0 atom stereocenters. The Hall–Kier alpha value is -1.76. The summed E-state index contributed by atoms with van der Waals surface area (Å²) in [6, 6.07) is 0. The summed E-state index contributed by atoms with van der Waals surface area (Å²) in [7, 11) is 3.75. The number of hydrogen-bond donors (Lipinski definition) is 0. The van der Waals surface area contributed by atoms with Crippen LogP contribution in [-0.2, 0) is 24.8 Å². The van der Waals surface area contributed by atoms with E-state index in [2.05, 4.69) is 14.7 Å². The van der Waals surface area contributed by atoms with Gasteiger partial charge in [-0.2, -0.15) is 5.10 Å². The molecule has 0 spiro atoms. The van der Waals surface area contributed by atoms with Crippen molar-refractivity contribution in [2.45, 2.75) is 40.2 Å². The third kappa shape index (κ3) is 3.47. The molecular formula is C14H21N5OS. The van der Waals surface area contributed by atoms with Crippen LogP contribution in [-0.4, -0.2) is 37.2 Å². The Morgan fingerprint density at radius 2 is 2.00 bits per heavy atom. The van der Waals surface area contributed by atoms with Crippen LogP contribution in [0, 0.1) is 20.8 Å². The topological polar surface area (TPSA) is 63.9 Å². The second-order valence-corrected chi connectivity index (χ2v) is 6.14. The fourth-order valence-corrected chi connectivity index (χ4v) is 2.99. The quantitative estimate of drug-likeness (QED) is 0.845. The van der Waals surface area contributed by atoms with Crippen molar-refractivity contribution in [1.29, 1.82) is 0 Å². The zero-order valence-corrected chi connectivity index (χ0v) is 14.0. The van der Waals surface area contributed by atoms with Crippen molar-refractivity contribution >= 4 is 17.4 Å². The first kappa shape index (κ1) is 15.6. The monoisotopic (exact) mass is 307 g/mol. The average molecular weight is 307 g/mol. The molecule has 0 aliphatic heterocycles. The molecule has 7 heteroatoms. The average Bonchev–Trinajstić information content (AvgIpc) is 2.93. The number of aryl methyl sites for hydroxylation is 3. The van der Waals surface area contributed by atoms with Crippen LogP contribution in [0.25, 0.3) is 0 Å². The van der Waals surface area contributed by atoms with Gasteiger partial charge in [-0.1, -0.05) is 4.49 Å². The zero-order valence-electron chi connectivity index (χ0n) is 13.2. The molecule has 0 aromatic carbocycles. The predicted octanol–water partition coefficient (Wildman–Crippen LogP) is 1.79. The smallest absolute Gasteiger partial charge is 0.222 e. The van der Waals surface area contributed by atoms with Crippen molar-refractivity contribution < 1.29 is 4.79 Å². The number of aromatic nitrogens is 4. The maximum absolute atomic E-state index is 12.2. The van der Waals surface area contributed by atoms with Crippen LogP contribution in [0.4, 0.5) is 0 Å². The van der Waals surface area contributed by atoms with Gasteiger partial charge < -0.3 is 4.90 Å². The second-order valence-electron chi connectivity index (χ2n) is 5.30. The van der Waals surface area contributed by atoms with Crippen molar-refractivity contribution in [1.82, 2.24) is 24.3 Å². The zero-order chi connectivity index (χ0) is 15.6. The largest absolute Gasteiger partial charge is 0.340 e. The third-order valence-electron chi connectivity index (χ3n) is 3.80. The van der Waals surface area contributed by atoms with E-state index in [1.165, 1.54) is 17.1 Å². The van der Waals surface area contributed by atoms with Crippen molar-refractivity contribution in [2.75, 3.05) is 7.05 Å². The van der Waals surface area contributed by atoms with Gasteiger partial charge >= 0.3 is 0 Å². The molecule has 2 aromatic rings. The van der Waals surface area contributed by atoms with Crippen LogP contribution < -0.4 is 0 Å². The van der Waals surface area contributed by atoms with E-state index in [9.17, 15) is 4.79 Å². The summed E-state index contributed by atoms with van der Waals surface area (Å²) in [5.74, 6) is 0.130. The molecule has 2 heterocycles. The van der Waals surface area contributed by atoms with Gasteiger partial charge in [0.05, 0.1) is 22.8 Å². The number of hydrogen-bond acceptors (Lipinski definition) is 5. The molecule has 0 saturated carbocycles. The van der Waals surface area contributed by atoms with Gasteiger partial charge in [-0.05, 0) is 44.3 Å². The van der Waals surface area contributed by atoms with E-state index < -0.39 is 0 Å². The van der Waals surface area contributed by atoms with E-state index in [0.29, 0.717) is 13.0 Å². The van der Waals surface area contributed by atoms with Crippen LogP contribution in [0.15, 0.2) is 0 Å². The molecule has 0 radical (unpaired) electrons. The number of amides is 1. The highest BCUT2D eigenvalue weighted by molar-refractivity contribution is 7.05. The fraction of sp³-hybridized carbons (Fsp3) is 0.571. The number of carbonyl (C=O) groups is 1. The van der Waals surface area contributed by atoms with Gasteiger partial charge in [-0.25, -0.2) is 0 Å². The molecule has 1 amide bonds. The van der Waals surface area contributed by atoms with E-state index in [4.69, 9.17) is 0 Å². The molecule has 114 valence electrons. The lowest BCUT2D eigenvalue weighted by Gasteiger charge is -2.16. The standard InChI is InChI=1S/C14H21N5OS/c1-9-12(11(3)19(5)16-9)6-7-14(20)18(4)8-13-10(2)15-17-21-13/h6-8H2,1-5H3. The van der Waals surface area contributed by atoms with Crippen molar-refractivity contribution in [3.05, 3.63) is 27.5 Å². The van der Waals surface area contributed by atoms with E-state index >= 15 is 0 Å². The van der Waals surface area contributed by atoms with Crippen LogP contribution in [0.3, 0.4) is 0 Å². The highest BCUT2D eigenvalue weighted by atomic mass is 32.1. The summed E-state index contributed by atoms with van der Waals surface area (Å²) in [4.78, 5) is 15.0. The first-order chi connectivity index (χ1) is 9.90. The van der Waals surface area contributed by atoms with Gasteiger partial charge in [0.1, 0.15) is 0 Å². The Labute approximate surface area is 128 Å². The lowest BCUT2D eigenvalue weighted by Crippen LogP contribution is -2.26. The Morgan fingerprint density at radius 1 is 1.29 bits per heavy atom. The molecule has 2 rings (SSSR count). The Bertz CT molecular complexity index is 646. The molecule has 0 saturated heterocycles. The van der Waals surface area contributed by atoms with Crippen LogP contribution in [0.1, 0.15) is 33.9 Å². The van der Waals surface area contributed by atoms with Gasteiger partial charge in [-0.15, -0.1) is 5.10 Å². The second kappa shape index (κ2) is 6.34. The van der Waals surface area contributed by atoms with E-state index in [-0.39, 0.29) is 5.91 Å². The molecule has 0 unspecified atom stereocenters.